The maximum Gasteiger partial charge on any atom is 0.264 e. The van der Waals surface area contributed by atoms with Gasteiger partial charge in [-0.2, -0.15) is 0 Å². The van der Waals surface area contributed by atoms with E-state index in [-0.39, 0.29) is 10.9 Å². The van der Waals surface area contributed by atoms with E-state index in [1.807, 2.05) is 37.3 Å². The van der Waals surface area contributed by atoms with Crippen molar-refractivity contribution in [1.29, 1.82) is 0 Å². The van der Waals surface area contributed by atoms with Crippen LogP contribution in [0.3, 0.4) is 0 Å². The molecule has 0 saturated carbocycles. The van der Waals surface area contributed by atoms with Gasteiger partial charge in [-0.1, -0.05) is 55.1 Å². The van der Waals surface area contributed by atoms with E-state index in [9.17, 15) is 8.42 Å². The molecule has 1 unspecified atom stereocenters. The molecule has 0 bridgehead atoms. The monoisotopic (exact) mass is 301 g/mol. The summed E-state index contributed by atoms with van der Waals surface area (Å²) >= 11 is 0. The average Bonchev–Trinajstić information content (AvgIpc) is 2.48. The van der Waals surface area contributed by atoms with Gasteiger partial charge in [-0.3, -0.25) is 4.31 Å². The highest BCUT2D eigenvalue weighted by molar-refractivity contribution is 7.89. The molecule has 0 aliphatic heterocycles. The van der Waals surface area contributed by atoms with Crippen molar-refractivity contribution in [3.63, 3.8) is 0 Å². The first-order chi connectivity index (χ1) is 9.94. The van der Waals surface area contributed by atoms with E-state index < -0.39 is 10.0 Å². The van der Waals surface area contributed by atoms with Gasteiger partial charge in [0.05, 0.1) is 10.9 Å². The van der Waals surface area contributed by atoms with E-state index in [1.165, 1.54) is 4.31 Å². The lowest BCUT2D eigenvalue weighted by Gasteiger charge is -2.30. The van der Waals surface area contributed by atoms with E-state index >= 15 is 0 Å². The molecular formula is C17H19NO2S. The molecule has 0 spiro atoms. The van der Waals surface area contributed by atoms with Gasteiger partial charge in [0.15, 0.2) is 0 Å². The van der Waals surface area contributed by atoms with Crippen LogP contribution in [0.4, 0.5) is 0 Å². The summed E-state index contributed by atoms with van der Waals surface area (Å²) in [5.74, 6) is 0. The van der Waals surface area contributed by atoms with Crippen LogP contribution in [0, 0.1) is 0 Å². The molecule has 2 rings (SSSR count). The van der Waals surface area contributed by atoms with Crippen LogP contribution in [-0.4, -0.2) is 12.7 Å². The highest BCUT2D eigenvalue weighted by Gasteiger charge is 2.29. The summed E-state index contributed by atoms with van der Waals surface area (Å²) in [6.45, 7) is 7.41. The van der Waals surface area contributed by atoms with Crippen molar-refractivity contribution in [2.75, 3.05) is 0 Å². The molecule has 3 nitrogen and oxygen atoms in total. The molecule has 0 radical (unpaired) electrons. The van der Waals surface area contributed by atoms with Crippen LogP contribution in [0.25, 0.3) is 0 Å². The summed E-state index contributed by atoms with van der Waals surface area (Å²) < 4.78 is 27.1. The minimum Gasteiger partial charge on any atom is -0.264 e. The zero-order valence-corrected chi connectivity index (χ0v) is 13.0. The predicted molar refractivity (Wildman–Crippen MR) is 85.1 cm³/mol. The third-order valence-corrected chi connectivity index (χ3v) is 5.32. The second-order valence-corrected chi connectivity index (χ2v) is 6.75. The van der Waals surface area contributed by atoms with Crippen LogP contribution >= 0.6 is 0 Å². The molecule has 0 aliphatic carbocycles. The largest absolute Gasteiger partial charge is 0.264 e. The molecular weight excluding hydrogens is 282 g/mol. The van der Waals surface area contributed by atoms with Gasteiger partial charge in [-0.05, 0) is 31.5 Å². The van der Waals surface area contributed by atoms with Crippen LogP contribution in [0.2, 0.25) is 0 Å². The summed E-state index contributed by atoms with van der Waals surface area (Å²) in [5, 5.41) is 0. The first-order valence-corrected chi connectivity index (χ1v) is 8.18. The topological polar surface area (TPSA) is 37.4 Å². The van der Waals surface area contributed by atoms with Crippen LogP contribution < -0.4 is 0 Å². The molecule has 21 heavy (non-hydrogen) atoms. The molecule has 0 fully saturated rings. The van der Waals surface area contributed by atoms with Gasteiger partial charge in [-0.25, -0.2) is 8.42 Å². The fourth-order valence-corrected chi connectivity index (χ4v) is 3.99. The van der Waals surface area contributed by atoms with Gasteiger partial charge in [0.25, 0.3) is 10.0 Å². The van der Waals surface area contributed by atoms with Crippen LogP contribution in [0.1, 0.15) is 25.5 Å². The van der Waals surface area contributed by atoms with Gasteiger partial charge in [0.2, 0.25) is 0 Å². The summed E-state index contributed by atoms with van der Waals surface area (Å²) in [5.41, 5.74) is 1.43. The lowest BCUT2D eigenvalue weighted by atomic mass is 10.1. The minimum atomic E-state index is -3.61. The van der Waals surface area contributed by atoms with Gasteiger partial charge in [0, 0.05) is 5.70 Å². The van der Waals surface area contributed by atoms with Crippen molar-refractivity contribution in [1.82, 2.24) is 4.31 Å². The van der Waals surface area contributed by atoms with Crippen molar-refractivity contribution >= 4 is 10.0 Å². The Morgan fingerprint density at radius 1 is 1.00 bits per heavy atom. The maximum absolute atomic E-state index is 12.9. The smallest absolute Gasteiger partial charge is 0.264 e. The lowest BCUT2D eigenvalue weighted by Crippen LogP contribution is -2.31. The molecule has 0 saturated heterocycles. The second kappa shape index (κ2) is 6.14. The Bertz CT molecular complexity index is 709. The van der Waals surface area contributed by atoms with Gasteiger partial charge in [-0.15, -0.1) is 0 Å². The molecule has 0 amide bonds. The molecule has 0 aliphatic rings. The Morgan fingerprint density at radius 3 is 1.95 bits per heavy atom. The molecule has 2 aromatic rings. The molecule has 2 aromatic carbocycles. The van der Waals surface area contributed by atoms with E-state index in [0.717, 1.165) is 5.56 Å². The highest BCUT2D eigenvalue weighted by atomic mass is 32.2. The van der Waals surface area contributed by atoms with Crippen LogP contribution in [0.5, 0.6) is 0 Å². The number of rotatable bonds is 5. The number of nitrogens with zero attached hydrogens (tertiary/aromatic N) is 1. The Balaban J connectivity index is 2.47. The summed E-state index contributed by atoms with van der Waals surface area (Å²) in [7, 11) is -3.61. The van der Waals surface area contributed by atoms with Crippen LogP contribution in [0.15, 0.2) is 77.8 Å². The van der Waals surface area contributed by atoms with E-state index in [0.29, 0.717) is 5.70 Å². The number of allylic oxidation sites excluding steroid dienone is 1. The third kappa shape index (κ3) is 3.16. The van der Waals surface area contributed by atoms with Crippen LogP contribution in [-0.2, 0) is 10.0 Å². The fraction of sp³-hybridized carbons (Fsp3) is 0.176. The molecule has 0 N–H and O–H groups in total. The van der Waals surface area contributed by atoms with E-state index in [2.05, 4.69) is 6.58 Å². The second-order valence-electron chi connectivity index (χ2n) is 4.94. The van der Waals surface area contributed by atoms with Crippen molar-refractivity contribution < 1.29 is 8.42 Å². The van der Waals surface area contributed by atoms with E-state index in [4.69, 9.17) is 0 Å². The Hall–Kier alpha value is -2.07. The zero-order valence-electron chi connectivity index (χ0n) is 12.2. The van der Waals surface area contributed by atoms with Gasteiger partial charge >= 0.3 is 0 Å². The standard InChI is InChI=1S/C17H19NO2S/c1-14(2)18(15(3)16-10-6-4-7-11-16)21(19,20)17-12-8-5-9-13-17/h4-13,15H,1H2,2-3H3. The molecule has 0 aromatic heterocycles. The maximum atomic E-state index is 12.9. The van der Waals surface area contributed by atoms with Gasteiger partial charge in [0.1, 0.15) is 0 Å². The van der Waals surface area contributed by atoms with Gasteiger partial charge < -0.3 is 0 Å². The summed E-state index contributed by atoms with van der Waals surface area (Å²) in [6.07, 6.45) is 0. The minimum absolute atomic E-state index is 0.274. The van der Waals surface area contributed by atoms with Crippen molar-refractivity contribution in [2.24, 2.45) is 0 Å². The Morgan fingerprint density at radius 2 is 1.48 bits per heavy atom. The predicted octanol–water partition coefficient (Wildman–Crippen LogP) is 3.97. The normalized spacial score (nSPS) is 12.7. The van der Waals surface area contributed by atoms with E-state index in [1.54, 1.807) is 37.3 Å². The van der Waals surface area contributed by atoms with Crippen molar-refractivity contribution in [2.45, 2.75) is 24.8 Å². The molecule has 4 heteroatoms. The number of benzene rings is 2. The number of hydrogen-bond acceptors (Lipinski definition) is 2. The molecule has 1 atom stereocenters. The fourth-order valence-electron chi connectivity index (χ4n) is 2.32. The number of sulfonamides is 1. The first kappa shape index (κ1) is 15.3. The SMILES string of the molecule is C=C(C)N(C(C)c1ccccc1)S(=O)(=O)c1ccccc1. The lowest BCUT2D eigenvalue weighted by molar-refractivity contribution is 0.407. The van der Waals surface area contributed by atoms with Crippen molar-refractivity contribution in [3.05, 3.63) is 78.5 Å². The Kier molecular flexibility index (Phi) is 4.48. The number of hydrogen-bond donors (Lipinski definition) is 0. The zero-order chi connectivity index (χ0) is 15.5. The first-order valence-electron chi connectivity index (χ1n) is 6.74. The molecule has 110 valence electrons. The average molecular weight is 301 g/mol. The Labute approximate surface area is 126 Å². The summed E-state index contributed by atoms with van der Waals surface area (Å²) in [4.78, 5) is 0.274. The summed E-state index contributed by atoms with van der Waals surface area (Å²) in [6, 6.07) is 17.7. The quantitative estimate of drug-likeness (QED) is 0.838. The highest BCUT2D eigenvalue weighted by Crippen LogP contribution is 2.30. The van der Waals surface area contributed by atoms with Crippen molar-refractivity contribution in [3.8, 4) is 0 Å². The third-order valence-electron chi connectivity index (χ3n) is 3.31. The molecule has 0 heterocycles.